The van der Waals surface area contributed by atoms with Crippen LogP contribution < -0.4 is 0 Å². The lowest BCUT2D eigenvalue weighted by Crippen LogP contribution is -2.39. The zero-order chi connectivity index (χ0) is 12.9. The van der Waals surface area contributed by atoms with Gasteiger partial charge in [0.2, 0.25) is 0 Å². The highest BCUT2D eigenvalue weighted by atomic mass is 16.3. The molecule has 17 heavy (non-hydrogen) atoms. The van der Waals surface area contributed by atoms with E-state index in [9.17, 15) is 5.11 Å². The molecule has 94 valence electrons. The monoisotopic (exact) mass is 232 g/mol. The molecule has 1 aromatic rings. The number of rotatable bonds is 1. The first kappa shape index (κ1) is 12.6. The summed E-state index contributed by atoms with van der Waals surface area (Å²) in [5.41, 5.74) is 1.75. The van der Waals surface area contributed by atoms with Crippen molar-refractivity contribution in [3.63, 3.8) is 0 Å². The van der Waals surface area contributed by atoms with Gasteiger partial charge in [-0.05, 0) is 34.8 Å². The molecule has 0 saturated carbocycles. The van der Waals surface area contributed by atoms with Gasteiger partial charge in [0.1, 0.15) is 0 Å². The molecule has 0 fully saturated rings. The molecule has 0 saturated heterocycles. The molecule has 0 unspecified atom stereocenters. The molecule has 1 heteroatoms. The van der Waals surface area contributed by atoms with Crippen LogP contribution in [0.3, 0.4) is 0 Å². The van der Waals surface area contributed by atoms with Gasteiger partial charge in [0, 0.05) is 0 Å². The van der Waals surface area contributed by atoms with Crippen molar-refractivity contribution in [1.82, 2.24) is 0 Å². The lowest BCUT2D eigenvalue weighted by atomic mass is 9.71. The molecule has 0 spiro atoms. The summed E-state index contributed by atoms with van der Waals surface area (Å²) in [5.74, 6) is 0. The predicted molar refractivity (Wildman–Crippen MR) is 72.1 cm³/mol. The fourth-order valence-electron chi connectivity index (χ4n) is 3.11. The van der Waals surface area contributed by atoms with Gasteiger partial charge >= 0.3 is 0 Å². The summed E-state index contributed by atoms with van der Waals surface area (Å²) < 4.78 is 0. The Hall–Kier alpha value is -0.820. The van der Waals surface area contributed by atoms with Gasteiger partial charge in [-0.1, -0.05) is 58.9 Å². The number of aliphatic hydroxyl groups is 1. The molecule has 0 amide bonds. The van der Waals surface area contributed by atoms with E-state index in [1.165, 1.54) is 5.56 Å². The second-order valence-corrected chi connectivity index (χ2v) is 6.75. The zero-order valence-corrected chi connectivity index (χ0v) is 11.7. The van der Waals surface area contributed by atoms with Crippen LogP contribution in [0.25, 0.3) is 0 Å². The number of benzene rings is 1. The van der Waals surface area contributed by atoms with Crippen molar-refractivity contribution in [2.75, 3.05) is 0 Å². The maximum absolute atomic E-state index is 11.1. The van der Waals surface area contributed by atoms with Crippen LogP contribution in [0.4, 0.5) is 0 Å². The van der Waals surface area contributed by atoms with Gasteiger partial charge in [0.25, 0.3) is 0 Å². The summed E-state index contributed by atoms with van der Waals surface area (Å²) in [5, 5.41) is 11.1. The highest BCUT2D eigenvalue weighted by molar-refractivity contribution is 5.45. The third-order valence-electron chi connectivity index (χ3n) is 4.69. The van der Waals surface area contributed by atoms with Crippen LogP contribution >= 0.6 is 0 Å². The number of hydrogen-bond donors (Lipinski definition) is 1. The lowest BCUT2D eigenvalue weighted by Gasteiger charge is -2.39. The topological polar surface area (TPSA) is 20.2 Å². The summed E-state index contributed by atoms with van der Waals surface area (Å²) >= 11 is 0. The minimum Gasteiger partial charge on any atom is -0.385 e. The van der Waals surface area contributed by atoms with Gasteiger partial charge in [-0.2, -0.15) is 0 Å². The average molecular weight is 232 g/mol. The van der Waals surface area contributed by atoms with Crippen molar-refractivity contribution in [2.24, 2.45) is 5.41 Å². The van der Waals surface area contributed by atoms with Crippen LogP contribution in [0.1, 0.15) is 58.6 Å². The molecule has 1 N–H and O–H groups in total. The van der Waals surface area contributed by atoms with Gasteiger partial charge in [-0.3, -0.25) is 0 Å². The summed E-state index contributed by atoms with van der Waals surface area (Å²) in [6, 6.07) is 8.40. The van der Waals surface area contributed by atoms with Gasteiger partial charge in [0.15, 0.2) is 0 Å². The molecule has 1 nitrogen and oxygen atoms in total. The Kier molecular flexibility index (Phi) is 2.66. The summed E-state index contributed by atoms with van der Waals surface area (Å²) in [6.45, 7) is 10.9. The molecule has 2 atom stereocenters. The molecule has 0 radical (unpaired) electrons. The van der Waals surface area contributed by atoms with E-state index in [1.807, 2.05) is 6.07 Å². The van der Waals surface area contributed by atoms with Crippen LogP contribution in [0.2, 0.25) is 0 Å². The highest BCUT2D eigenvalue weighted by Crippen LogP contribution is 2.56. The third kappa shape index (κ3) is 1.63. The normalized spacial score (nSPS) is 32.6. The average Bonchev–Trinajstić information content (AvgIpc) is 2.50. The van der Waals surface area contributed by atoms with Crippen molar-refractivity contribution in [3.8, 4) is 0 Å². The van der Waals surface area contributed by atoms with Gasteiger partial charge < -0.3 is 5.11 Å². The van der Waals surface area contributed by atoms with Crippen molar-refractivity contribution >= 4 is 0 Å². The van der Waals surface area contributed by atoms with E-state index >= 15 is 0 Å². The minimum atomic E-state index is -0.700. The highest BCUT2D eigenvalue weighted by Gasteiger charge is 2.53. The largest absolute Gasteiger partial charge is 0.385 e. The van der Waals surface area contributed by atoms with Crippen molar-refractivity contribution < 1.29 is 5.11 Å². The Morgan fingerprint density at radius 2 is 1.71 bits per heavy atom. The second-order valence-electron chi connectivity index (χ2n) is 6.75. The van der Waals surface area contributed by atoms with E-state index < -0.39 is 5.60 Å². The fraction of sp³-hybridized carbons (Fsp3) is 0.625. The minimum absolute atomic E-state index is 0.110. The van der Waals surface area contributed by atoms with Gasteiger partial charge in [-0.15, -0.1) is 0 Å². The van der Waals surface area contributed by atoms with Crippen molar-refractivity contribution in [2.45, 2.75) is 58.5 Å². The SMILES string of the molecule is CC[C@]1(C)C[C@@](O)(C(C)(C)C)c2ccccc21. The Morgan fingerprint density at radius 1 is 1.18 bits per heavy atom. The van der Waals surface area contributed by atoms with E-state index in [1.54, 1.807) is 0 Å². The van der Waals surface area contributed by atoms with Gasteiger partial charge in [-0.25, -0.2) is 0 Å². The number of hydrogen-bond acceptors (Lipinski definition) is 1. The third-order valence-corrected chi connectivity index (χ3v) is 4.69. The van der Waals surface area contributed by atoms with Crippen LogP contribution in [0, 0.1) is 5.41 Å². The molecule has 0 heterocycles. The predicted octanol–water partition coefficient (Wildman–Crippen LogP) is 3.99. The van der Waals surface area contributed by atoms with Crippen molar-refractivity contribution in [3.05, 3.63) is 35.4 Å². The van der Waals surface area contributed by atoms with E-state index in [0.717, 1.165) is 18.4 Å². The Bertz CT molecular complexity index is 429. The van der Waals surface area contributed by atoms with Crippen LogP contribution in [0.5, 0.6) is 0 Å². The first-order valence-corrected chi connectivity index (χ1v) is 6.57. The lowest BCUT2D eigenvalue weighted by molar-refractivity contribution is -0.0727. The van der Waals surface area contributed by atoms with E-state index in [-0.39, 0.29) is 10.8 Å². The molecule has 0 aromatic heterocycles. The van der Waals surface area contributed by atoms with E-state index in [0.29, 0.717) is 0 Å². The van der Waals surface area contributed by atoms with E-state index in [2.05, 4.69) is 52.8 Å². The summed E-state index contributed by atoms with van der Waals surface area (Å²) in [7, 11) is 0. The number of fused-ring (bicyclic) bond motifs is 1. The first-order valence-electron chi connectivity index (χ1n) is 6.57. The van der Waals surface area contributed by atoms with Crippen LogP contribution in [0.15, 0.2) is 24.3 Å². The smallest absolute Gasteiger partial charge is 0.0955 e. The molecule has 0 aliphatic heterocycles. The standard InChI is InChI=1S/C16H24O/c1-6-15(5)11-16(17,14(2,3)4)13-10-8-7-9-12(13)15/h7-10,17H,6,11H2,1-5H3/t15-,16+/m1/s1. The molecule has 1 aromatic carbocycles. The molecule has 1 aliphatic rings. The quantitative estimate of drug-likeness (QED) is 0.776. The molecule has 0 bridgehead atoms. The Labute approximate surface area is 105 Å². The van der Waals surface area contributed by atoms with E-state index in [4.69, 9.17) is 0 Å². The summed E-state index contributed by atoms with van der Waals surface area (Å²) in [6.07, 6.45) is 1.90. The fourth-order valence-corrected chi connectivity index (χ4v) is 3.11. The maximum atomic E-state index is 11.1. The summed E-state index contributed by atoms with van der Waals surface area (Å²) in [4.78, 5) is 0. The Balaban J connectivity index is 2.65. The Morgan fingerprint density at radius 3 is 2.18 bits per heavy atom. The maximum Gasteiger partial charge on any atom is 0.0955 e. The second kappa shape index (κ2) is 3.58. The van der Waals surface area contributed by atoms with Crippen molar-refractivity contribution in [1.29, 1.82) is 0 Å². The zero-order valence-electron chi connectivity index (χ0n) is 11.7. The van der Waals surface area contributed by atoms with Gasteiger partial charge in [0.05, 0.1) is 5.60 Å². The molecule has 2 rings (SSSR count). The first-order chi connectivity index (χ1) is 7.74. The molecular formula is C16H24O. The molecular weight excluding hydrogens is 208 g/mol. The molecule has 1 aliphatic carbocycles. The van der Waals surface area contributed by atoms with Crippen LogP contribution in [-0.4, -0.2) is 5.11 Å². The van der Waals surface area contributed by atoms with Crippen LogP contribution in [-0.2, 0) is 11.0 Å².